The van der Waals surface area contributed by atoms with Gasteiger partial charge in [-0.2, -0.15) is 0 Å². The van der Waals surface area contributed by atoms with E-state index in [1.54, 1.807) is 0 Å². The Morgan fingerprint density at radius 2 is 1.32 bits per heavy atom. The van der Waals surface area contributed by atoms with Crippen molar-refractivity contribution in [2.45, 2.75) is 45.4 Å². The second-order valence-corrected chi connectivity index (χ2v) is 6.22. The van der Waals surface area contributed by atoms with E-state index >= 15 is 0 Å². The number of carbonyl (C=O) groups is 2. The van der Waals surface area contributed by atoms with Gasteiger partial charge in [-0.05, 0) is 27.7 Å². The fraction of sp³-hybridized carbons (Fsp3) is 0.714. The number of carbonyl (C=O) groups excluding carboxylic acids is 2. The Bertz CT molecular complexity index is 602. The van der Waals surface area contributed by atoms with Gasteiger partial charge in [-0.1, -0.05) is 0 Å². The molecule has 0 aromatic heterocycles. The first kappa shape index (κ1) is 27.7. The summed E-state index contributed by atoms with van der Waals surface area (Å²) in [4.78, 5) is 23.5. The molecule has 2 unspecified atom stereocenters. The number of ether oxygens (including phenoxy) is 2. The van der Waals surface area contributed by atoms with E-state index in [9.17, 15) is 19.8 Å². The molecule has 0 aliphatic rings. The Morgan fingerprint density at radius 3 is 1.68 bits per heavy atom. The third-order valence-corrected chi connectivity index (χ3v) is 3.03. The molecule has 0 aliphatic heterocycles. The fourth-order valence-corrected chi connectivity index (χ4v) is 1.63. The predicted molar refractivity (Wildman–Crippen MR) is 89.0 cm³/mol. The summed E-state index contributed by atoms with van der Waals surface area (Å²) in [5.41, 5.74) is -1.20. The molecule has 2 atom stereocenters. The molecule has 0 saturated carbocycles. The van der Waals surface area contributed by atoms with Crippen LogP contribution < -0.4 is 10.6 Å². The molecule has 0 radical (unpaired) electrons. The summed E-state index contributed by atoms with van der Waals surface area (Å²) < 4.78 is 19.1. The van der Waals surface area contributed by atoms with Crippen molar-refractivity contribution >= 4 is 24.0 Å². The van der Waals surface area contributed by atoms with Gasteiger partial charge in [-0.15, -0.1) is 0 Å². The molecule has 0 aliphatic carbocycles. The summed E-state index contributed by atoms with van der Waals surface area (Å²) in [6, 6.07) is -1.81. The molecule has 0 fully saturated rings. The zero-order chi connectivity index (χ0) is 22.7. The number of nitrogens with one attached hydrogen (secondary N) is 2. The number of hydrogen-bond donors (Lipinski definition) is 6. The van der Waals surface area contributed by atoms with Crippen molar-refractivity contribution in [2.24, 2.45) is 0 Å². The van der Waals surface area contributed by atoms with Crippen LogP contribution in [0.15, 0.2) is 0 Å². The van der Waals surface area contributed by atoms with Gasteiger partial charge in [-0.3, -0.25) is 10.4 Å². The van der Waals surface area contributed by atoms with Gasteiger partial charge in [0.25, 0.3) is 0 Å². The molecule has 14 heteroatoms. The van der Waals surface area contributed by atoms with Crippen LogP contribution in [0.25, 0.3) is 0 Å². The number of hydrogen-bond acceptors (Lipinski definition) is 7. The molecule has 161 valence electrons. The average Bonchev–Trinajstić information content (AvgIpc) is 2.59. The van der Waals surface area contributed by atoms with E-state index in [0.29, 0.717) is 9.48 Å². The van der Waals surface area contributed by atoms with Crippen LogP contribution in [0.4, 0.5) is 9.59 Å². The quantitative estimate of drug-likeness (QED) is 0.102. The molecule has 0 aromatic rings. The van der Waals surface area contributed by atoms with Gasteiger partial charge in [0.2, 0.25) is 0 Å². The first-order valence-electron chi connectivity index (χ1n) is 7.84. The zero-order valence-electron chi connectivity index (χ0n) is 16.5. The first-order chi connectivity index (χ1) is 12.8. The number of amides is 2. The van der Waals surface area contributed by atoms with E-state index in [4.69, 9.17) is 23.6 Å². The maximum absolute atomic E-state index is 11.8. The normalized spacial score (nSPS) is 14.8. The van der Waals surface area contributed by atoms with Crippen molar-refractivity contribution in [3.63, 3.8) is 0 Å². The van der Waals surface area contributed by atoms with Crippen molar-refractivity contribution in [1.82, 2.24) is 10.6 Å². The third kappa shape index (κ3) is 11.2. The first-order valence-corrected chi connectivity index (χ1v) is 8.41. The van der Waals surface area contributed by atoms with Crippen LogP contribution in [0.1, 0.15) is 27.7 Å². The second kappa shape index (κ2) is 12.8. The number of aliphatic hydroxyl groups excluding tert-OH is 2. The molecule has 0 rings (SSSR count). The standard InChI is InChI=1S/C14H26N4O8.O.V/c1-8(10(19)17(5)23)15-12(21)25-7-14(3,4)26-13(22)16-9(2)11(20)18(6)24;;/h8-9,23-24H,7H2,1-6H3,(H2,15,16,21,22);;/p+2. The third-order valence-electron chi connectivity index (χ3n) is 3.03. The van der Waals surface area contributed by atoms with E-state index < -0.39 is 41.7 Å². The summed E-state index contributed by atoms with van der Waals surface area (Å²) in [5, 5.41) is 41.6. The summed E-state index contributed by atoms with van der Waals surface area (Å²) >= 11 is 1.06. The topological polar surface area (TPSA) is 181 Å². The number of nitrogens with zero attached hydrogens (tertiary/aromatic N) is 2. The Labute approximate surface area is 171 Å². The van der Waals surface area contributed by atoms with Gasteiger partial charge in [0.1, 0.15) is 12.2 Å². The fourth-order valence-electron chi connectivity index (χ4n) is 1.63. The van der Waals surface area contributed by atoms with Gasteiger partial charge in [-0.25, -0.2) is 9.59 Å². The van der Waals surface area contributed by atoms with Gasteiger partial charge in [0.15, 0.2) is 26.2 Å². The molecular formula is C14H28N4O9V+2. The molecule has 0 saturated heterocycles. The van der Waals surface area contributed by atoms with Crippen molar-refractivity contribution < 1.29 is 70.2 Å². The van der Waals surface area contributed by atoms with Gasteiger partial charge in [0.05, 0.1) is 0 Å². The van der Waals surface area contributed by atoms with Crippen molar-refractivity contribution in [3.8, 4) is 0 Å². The molecular weight excluding hydrogens is 419 g/mol. The van der Waals surface area contributed by atoms with Gasteiger partial charge >= 0.3 is 45.0 Å². The summed E-state index contributed by atoms with van der Waals surface area (Å²) in [7, 11) is 2.36. The van der Waals surface area contributed by atoms with Crippen molar-refractivity contribution in [3.05, 3.63) is 0 Å². The molecule has 0 bridgehead atoms. The molecule has 0 heterocycles. The van der Waals surface area contributed by atoms with Crippen LogP contribution in [0.3, 0.4) is 0 Å². The van der Waals surface area contributed by atoms with Crippen LogP contribution >= 0.6 is 0 Å². The second-order valence-electron chi connectivity index (χ2n) is 6.22. The summed E-state index contributed by atoms with van der Waals surface area (Å²) in [5.74, 6) is -0.981. The van der Waals surface area contributed by atoms with E-state index in [1.165, 1.54) is 41.8 Å². The Morgan fingerprint density at radius 1 is 0.964 bits per heavy atom. The number of aliphatic hydroxyl groups is 2. The minimum absolute atomic E-state index is 0.307. The molecule has 0 spiro atoms. The Hall–Kier alpha value is -2.54. The number of alkyl carbamates (subject to hydrolysis) is 2. The van der Waals surface area contributed by atoms with Gasteiger partial charge in [0, 0.05) is 9.48 Å². The van der Waals surface area contributed by atoms with E-state index in [-0.39, 0.29) is 6.61 Å². The SMILES string of the molecule is CC(NC(=O)OCC(C)(C)OC(=O)NC(C)/C(O)=[N+](\C)O)/C(O)=[N+](\C)O.[O]=[V]. The van der Waals surface area contributed by atoms with E-state index in [2.05, 4.69) is 10.6 Å². The molecule has 0 aromatic carbocycles. The number of rotatable bonds is 7. The van der Waals surface area contributed by atoms with E-state index in [1.807, 2.05) is 0 Å². The zero-order valence-corrected chi connectivity index (χ0v) is 17.9. The van der Waals surface area contributed by atoms with Crippen molar-refractivity contribution in [2.75, 3.05) is 20.7 Å². The molecule has 6 N–H and O–H groups in total. The van der Waals surface area contributed by atoms with Crippen LogP contribution in [0, 0.1) is 0 Å². The van der Waals surface area contributed by atoms with Crippen LogP contribution in [0.2, 0.25) is 0 Å². The Kier molecular flexibility index (Phi) is 12.6. The van der Waals surface area contributed by atoms with Crippen LogP contribution in [-0.2, 0) is 30.5 Å². The Balaban J connectivity index is 0. The molecule has 13 nitrogen and oxygen atoms in total. The van der Waals surface area contributed by atoms with Crippen LogP contribution in [-0.4, -0.2) is 92.5 Å². The van der Waals surface area contributed by atoms with E-state index in [0.717, 1.165) is 17.4 Å². The van der Waals surface area contributed by atoms with Crippen molar-refractivity contribution in [1.29, 1.82) is 0 Å². The average molecular weight is 447 g/mol. The minimum atomic E-state index is -1.20. The summed E-state index contributed by atoms with van der Waals surface area (Å²) in [6.45, 7) is 5.50. The predicted octanol–water partition coefficient (Wildman–Crippen LogP) is -0.151. The number of hydroxylamine groups is 2. The van der Waals surface area contributed by atoms with Gasteiger partial charge < -0.3 is 30.3 Å². The maximum atomic E-state index is 11.8. The van der Waals surface area contributed by atoms with Crippen LogP contribution in [0.5, 0.6) is 0 Å². The monoisotopic (exact) mass is 447 g/mol. The molecule has 2 amide bonds. The summed E-state index contributed by atoms with van der Waals surface area (Å²) in [6.07, 6.45) is -1.80. The molecule has 28 heavy (non-hydrogen) atoms.